The molecule has 0 saturated carbocycles. The SMILES string of the molecule is COc1cccc(Nc2oc(-c3ccc(Br)cc3)nc2S(=O)(=O)c2ccccc2)c1. The van der Waals surface area contributed by atoms with Gasteiger partial charge in [-0.05, 0) is 48.5 Å². The highest BCUT2D eigenvalue weighted by atomic mass is 79.9. The molecule has 1 N–H and O–H groups in total. The maximum Gasteiger partial charge on any atom is 0.238 e. The highest BCUT2D eigenvalue weighted by Crippen LogP contribution is 2.34. The lowest BCUT2D eigenvalue weighted by Gasteiger charge is -2.07. The van der Waals surface area contributed by atoms with Crippen LogP contribution < -0.4 is 10.1 Å². The summed E-state index contributed by atoms with van der Waals surface area (Å²) in [5.74, 6) is 0.854. The molecule has 8 heteroatoms. The molecular formula is C22H17BrN2O4S. The Morgan fingerprint density at radius 1 is 0.967 bits per heavy atom. The van der Waals surface area contributed by atoms with Crippen molar-refractivity contribution in [2.45, 2.75) is 9.92 Å². The van der Waals surface area contributed by atoms with E-state index in [0.29, 0.717) is 17.0 Å². The maximum absolute atomic E-state index is 13.3. The van der Waals surface area contributed by atoms with E-state index in [0.717, 1.165) is 4.47 Å². The fourth-order valence-corrected chi connectivity index (χ4v) is 4.37. The average molecular weight is 485 g/mol. The molecule has 4 aromatic rings. The fraction of sp³-hybridized carbons (Fsp3) is 0.0455. The summed E-state index contributed by atoms with van der Waals surface area (Å²) in [6.45, 7) is 0. The second-order valence-corrected chi connectivity index (χ2v) is 9.11. The quantitative estimate of drug-likeness (QED) is 0.378. The Morgan fingerprint density at radius 3 is 2.40 bits per heavy atom. The van der Waals surface area contributed by atoms with E-state index in [-0.39, 0.29) is 21.7 Å². The zero-order chi connectivity index (χ0) is 21.1. The highest BCUT2D eigenvalue weighted by molar-refractivity contribution is 9.10. The largest absolute Gasteiger partial charge is 0.497 e. The number of nitrogens with one attached hydrogen (secondary N) is 1. The zero-order valence-corrected chi connectivity index (χ0v) is 18.3. The van der Waals surface area contributed by atoms with Gasteiger partial charge in [-0.15, -0.1) is 0 Å². The predicted molar refractivity (Wildman–Crippen MR) is 118 cm³/mol. The number of anilines is 2. The Hall–Kier alpha value is -3.10. The van der Waals surface area contributed by atoms with Crippen LogP contribution in [-0.2, 0) is 9.84 Å². The van der Waals surface area contributed by atoms with Gasteiger partial charge in [-0.1, -0.05) is 40.2 Å². The lowest BCUT2D eigenvalue weighted by atomic mass is 10.2. The Bertz CT molecular complexity index is 1270. The first-order valence-corrected chi connectivity index (χ1v) is 11.2. The summed E-state index contributed by atoms with van der Waals surface area (Å²) in [6, 6.07) is 22.5. The van der Waals surface area contributed by atoms with Crippen LogP contribution in [-0.4, -0.2) is 20.5 Å². The van der Waals surface area contributed by atoms with Gasteiger partial charge in [0.25, 0.3) is 0 Å². The Balaban J connectivity index is 1.83. The number of benzene rings is 3. The van der Waals surface area contributed by atoms with Crippen molar-refractivity contribution in [1.29, 1.82) is 0 Å². The maximum atomic E-state index is 13.3. The molecule has 0 aliphatic rings. The van der Waals surface area contributed by atoms with Crippen LogP contribution in [0.4, 0.5) is 11.6 Å². The van der Waals surface area contributed by atoms with E-state index in [1.54, 1.807) is 61.7 Å². The molecule has 3 aromatic carbocycles. The molecule has 1 aromatic heterocycles. The number of hydrogen-bond donors (Lipinski definition) is 1. The smallest absolute Gasteiger partial charge is 0.238 e. The van der Waals surface area contributed by atoms with Gasteiger partial charge in [0.15, 0.2) is 0 Å². The van der Waals surface area contributed by atoms with Gasteiger partial charge in [0.1, 0.15) is 5.75 Å². The van der Waals surface area contributed by atoms with E-state index in [2.05, 4.69) is 26.2 Å². The van der Waals surface area contributed by atoms with Crippen LogP contribution in [0.5, 0.6) is 5.75 Å². The second kappa shape index (κ2) is 8.33. The predicted octanol–water partition coefficient (Wildman–Crippen LogP) is 5.69. The first-order valence-electron chi connectivity index (χ1n) is 8.95. The number of nitrogens with zero attached hydrogens (tertiary/aromatic N) is 1. The molecule has 6 nitrogen and oxygen atoms in total. The average Bonchev–Trinajstić information content (AvgIpc) is 3.19. The van der Waals surface area contributed by atoms with Gasteiger partial charge in [0.2, 0.25) is 26.6 Å². The van der Waals surface area contributed by atoms with Crippen LogP contribution in [0.25, 0.3) is 11.5 Å². The summed E-state index contributed by atoms with van der Waals surface area (Å²) in [5.41, 5.74) is 1.26. The van der Waals surface area contributed by atoms with Crippen LogP contribution in [0.2, 0.25) is 0 Å². The van der Waals surface area contributed by atoms with Crippen LogP contribution in [0.3, 0.4) is 0 Å². The van der Waals surface area contributed by atoms with Crippen LogP contribution in [0, 0.1) is 0 Å². The molecular weight excluding hydrogens is 468 g/mol. The summed E-state index contributed by atoms with van der Waals surface area (Å²) in [5, 5.41) is 2.84. The standard InChI is InChI=1S/C22H17BrN2O4S/c1-28-18-7-5-6-17(14-18)24-21-22(30(26,27)19-8-3-2-4-9-19)25-20(29-21)15-10-12-16(23)13-11-15/h2-14,24H,1H3. The summed E-state index contributed by atoms with van der Waals surface area (Å²) in [4.78, 5) is 4.47. The third-order valence-electron chi connectivity index (χ3n) is 4.32. The molecule has 0 fully saturated rings. The number of rotatable bonds is 6. The van der Waals surface area contributed by atoms with Gasteiger partial charge in [-0.3, -0.25) is 0 Å². The molecule has 0 radical (unpaired) electrons. The fourth-order valence-electron chi connectivity index (χ4n) is 2.83. The topological polar surface area (TPSA) is 81.4 Å². The monoisotopic (exact) mass is 484 g/mol. The van der Waals surface area contributed by atoms with Gasteiger partial charge in [0, 0.05) is 21.8 Å². The second-order valence-electron chi connectivity index (χ2n) is 6.33. The summed E-state index contributed by atoms with van der Waals surface area (Å²) >= 11 is 3.39. The van der Waals surface area contributed by atoms with Crippen molar-refractivity contribution in [3.8, 4) is 17.2 Å². The number of sulfone groups is 1. The third kappa shape index (κ3) is 4.10. The molecule has 0 atom stereocenters. The highest BCUT2D eigenvalue weighted by Gasteiger charge is 2.28. The van der Waals surface area contributed by atoms with Gasteiger partial charge < -0.3 is 14.5 Å². The molecule has 152 valence electrons. The van der Waals surface area contributed by atoms with Gasteiger partial charge in [0.05, 0.1) is 12.0 Å². The van der Waals surface area contributed by atoms with Crippen molar-refractivity contribution >= 4 is 37.3 Å². The number of hydrogen-bond acceptors (Lipinski definition) is 6. The van der Waals surface area contributed by atoms with Crippen molar-refractivity contribution in [2.75, 3.05) is 12.4 Å². The Kier molecular flexibility index (Phi) is 5.61. The van der Waals surface area contributed by atoms with Crippen molar-refractivity contribution < 1.29 is 17.6 Å². The van der Waals surface area contributed by atoms with Crippen LogP contribution in [0.15, 0.2) is 97.7 Å². The Morgan fingerprint density at radius 2 is 1.70 bits per heavy atom. The third-order valence-corrected chi connectivity index (χ3v) is 6.53. The summed E-state index contributed by atoms with van der Waals surface area (Å²) in [7, 11) is -2.35. The molecule has 4 rings (SSSR count). The minimum Gasteiger partial charge on any atom is -0.497 e. The first-order chi connectivity index (χ1) is 14.5. The molecule has 0 unspecified atom stereocenters. The molecule has 1 heterocycles. The molecule has 0 bridgehead atoms. The van der Waals surface area contributed by atoms with E-state index >= 15 is 0 Å². The van der Waals surface area contributed by atoms with Crippen LogP contribution >= 0.6 is 15.9 Å². The molecule has 0 amide bonds. The minimum atomic E-state index is -3.91. The van der Waals surface area contributed by atoms with Crippen molar-refractivity contribution in [3.63, 3.8) is 0 Å². The summed E-state index contributed by atoms with van der Waals surface area (Å²) < 4.78 is 38.5. The number of oxazole rings is 1. The van der Waals surface area contributed by atoms with Gasteiger partial charge >= 0.3 is 0 Å². The van der Waals surface area contributed by atoms with Gasteiger partial charge in [-0.2, -0.15) is 4.98 Å². The number of methoxy groups -OCH3 is 1. The first kappa shape index (κ1) is 20.2. The van der Waals surface area contributed by atoms with Crippen molar-refractivity contribution in [1.82, 2.24) is 4.98 Å². The number of ether oxygens (including phenoxy) is 1. The minimum absolute atomic E-state index is 0.0324. The van der Waals surface area contributed by atoms with Crippen LogP contribution in [0.1, 0.15) is 0 Å². The molecule has 0 aliphatic carbocycles. The van der Waals surface area contributed by atoms with E-state index in [1.807, 2.05) is 12.1 Å². The van der Waals surface area contributed by atoms with E-state index in [9.17, 15) is 8.42 Å². The van der Waals surface area contributed by atoms with E-state index < -0.39 is 9.84 Å². The molecule has 0 spiro atoms. The van der Waals surface area contributed by atoms with Gasteiger partial charge in [-0.25, -0.2) is 8.42 Å². The summed E-state index contributed by atoms with van der Waals surface area (Å²) in [6.07, 6.45) is 0. The van der Waals surface area contributed by atoms with E-state index in [4.69, 9.17) is 9.15 Å². The van der Waals surface area contributed by atoms with E-state index in [1.165, 1.54) is 12.1 Å². The molecule has 30 heavy (non-hydrogen) atoms. The molecule has 0 aliphatic heterocycles. The zero-order valence-electron chi connectivity index (χ0n) is 15.9. The lowest BCUT2D eigenvalue weighted by molar-refractivity contribution is 0.415. The normalized spacial score (nSPS) is 11.3. The number of halogens is 1. The molecule has 0 saturated heterocycles. The lowest BCUT2D eigenvalue weighted by Crippen LogP contribution is -2.05. The van der Waals surface area contributed by atoms with Crippen molar-refractivity contribution in [2.24, 2.45) is 0 Å². The van der Waals surface area contributed by atoms with Crippen molar-refractivity contribution in [3.05, 3.63) is 83.3 Å². The number of aromatic nitrogens is 1. The Labute approximate surface area is 182 Å².